The molecule has 7 heteroatoms. The van der Waals surface area contributed by atoms with E-state index in [4.69, 9.17) is 5.73 Å². The van der Waals surface area contributed by atoms with Crippen molar-refractivity contribution in [3.05, 3.63) is 29.8 Å². The maximum Gasteiger partial charge on any atom is 0.245 e. The molecule has 0 atom stereocenters. The van der Waals surface area contributed by atoms with Crippen molar-refractivity contribution >= 4 is 10.0 Å². The minimum Gasteiger partial charge on any atom is -0.330 e. The van der Waals surface area contributed by atoms with Crippen LogP contribution < -0.4 is 5.73 Å². The van der Waals surface area contributed by atoms with Crippen molar-refractivity contribution in [2.24, 2.45) is 11.7 Å². The van der Waals surface area contributed by atoms with Crippen LogP contribution in [0, 0.1) is 17.6 Å². The van der Waals surface area contributed by atoms with E-state index >= 15 is 0 Å². The van der Waals surface area contributed by atoms with Crippen LogP contribution in [0.2, 0.25) is 0 Å². The molecule has 0 amide bonds. The lowest BCUT2D eigenvalue weighted by Gasteiger charge is -2.24. The van der Waals surface area contributed by atoms with Gasteiger partial charge in [-0.25, -0.2) is 17.2 Å². The monoisotopic (exact) mass is 306 g/mol. The van der Waals surface area contributed by atoms with E-state index in [2.05, 4.69) is 0 Å². The number of rotatable bonds is 7. The molecule has 0 saturated carbocycles. The molecule has 0 radical (unpaired) electrons. The number of nitrogens with two attached hydrogens (primary N) is 1. The number of benzene rings is 1. The highest BCUT2D eigenvalue weighted by Gasteiger charge is 2.27. The maximum atomic E-state index is 13.7. The van der Waals surface area contributed by atoms with Crippen LogP contribution in [0.4, 0.5) is 8.78 Å². The van der Waals surface area contributed by atoms with Gasteiger partial charge in [-0.15, -0.1) is 0 Å². The van der Waals surface area contributed by atoms with Crippen LogP contribution in [0.25, 0.3) is 0 Å². The van der Waals surface area contributed by atoms with Crippen LogP contribution in [-0.2, 0) is 10.0 Å². The van der Waals surface area contributed by atoms with Gasteiger partial charge in [-0.1, -0.05) is 13.8 Å². The molecule has 0 aliphatic heterocycles. The summed E-state index contributed by atoms with van der Waals surface area (Å²) in [5.74, 6) is -1.80. The molecule has 0 saturated heterocycles. The van der Waals surface area contributed by atoms with Crippen LogP contribution in [0.1, 0.15) is 20.3 Å². The van der Waals surface area contributed by atoms with E-state index in [0.29, 0.717) is 19.0 Å². The van der Waals surface area contributed by atoms with Gasteiger partial charge in [-0.2, -0.15) is 4.31 Å². The third-order valence-corrected chi connectivity index (χ3v) is 4.59. The first-order chi connectivity index (χ1) is 9.28. The largest absolute Gasteiger partial charge is 0.330 e. The van der Waals surface area contributed by atoms with Gasteiger partial charge in [0.05, 0.1) is 0 Å². The predicted octanol–water partition coefficient (Wildman–Crippen LogP) is 1.96. The maximum absolute atomic E-state index is 13.7. The molecule has 20 heavy (non-hydrogen) atoms. The molecule has 0 fully saturated rings. The van der Waals surface area contributed by atoms with Gasteiger partial charge in [0.25, 0.3) is 0 Å². The Balaban J connectivity index is 3.14. The standard InChI is InChI=1S/C13H20F2N2O2S/c1-10(2)9-17(7-3-6-16)20(18,19)13-5-4-11(14)8-12(13)15/h4-5,8,10H,3,6-7,9,16H2,1-2H3. The summed E-state index contributed by atoms with van der Waals surface area (Å²) in [6, 6.07) is 2.46. The van der Waals surface area contributed by atoms with Gasteiger partial charge in [0.2, 0.25) is 10.0 Å². The van der Waals surface area contributed by atoms with E-state index in [1.807, 2.05) is 13.8 Å². The molecule has 1 rings (SSSR count). The van der Waals surface area contributed by atoms with E-state index in [0.717, 1.165) is 12.1 Å². The molecule has 114 valence electrons. The molecule has 0 heterocycles. The lowest BCUT2D eigenvalue weighted by Crippen LogP contribution is -2.36. The Morgan fingerprint density at radius 2 is 1.95 bits per heavy atom. The second kappa shape index (κ2) is 7.10. The minimum atomic E-state index is -3.98. The van der Waals surface area contributed by atoms with E-state index in [1.54, 1.807) is 0 Å². The second-order valence-corrected chi connectivity index (χ2v) is 6.88. The van der Waals surface area contributed by atoms with Crippen molar-refractivity contribution in [1.29, 1.82) is 0 Å². The number of sulfonamides is 1. The lowest BCUT2D eigenvalue weighted by atomic mass is 10.2. The molecular formula is C13H20F2N2O2S. The van der Waals surface area contributed by atoms with Gasteiger partial charge in [-0.3, -0.25) is 0 Å². The first-order valence-corrected chi connectivity index (χ1v) is 7.88. The molecule has 0 unspecified atom stereocenters. The molecule has 1 aromatic rings. The fourth-order valence-electron chi connectivity index (χ4n) is 1.81. The lowest BCUT2D eigenvalue weighted by molar-refractivity contribution is 0.362. The molecule has 0 aliphatic rings. The Bertz CT molecular complexity index is 547. The van der Waals surface area contributed by atoms with Gasteiger partial charge < -0.3 is 5.73 Å². The van der Waals surface area contributed by atoms with E-state index in [-0.39, 0.29) is 19.0 Å². The van der Waals surface area contributed by atoms with E-state index in [1.165, 1.54) is 4.31 Å². The number of hydrogen-bond donors (Lipinski definition) is 1. The van der Waals surface area contributed by atoms with Crippen molar-refractivity contribution in [3.63, 3.8) is 0 Å². The molecule has 0 spiro atoms. The summed E-state index contributed by atoms with van der Waals surface area (Å²) in [5, 5.41) is 0. The van der Waals surface area contributed by atoms with Gasteiger partial charge in [0.15, 0.2) is 0 Å². The quantitative estimate of drug-likeness (QED) is 0.837. The summed E-state index contributed by atoms with van der Waals surface area (Å²) in [6.45, 7) is 4.56. The third-order valence-electron chi connectivity index (χ3n) is 2.69. The second-order valence-electron chi connectivity index (χ2n) is 4.97. The zero-order valence-electron chi connectivity index (χ0n) is 11.6. The van der Waals surface area contributed by atoms with Gasteiger partial charge in [0, 0.05) is 19.2 Å². The van der Waals surface area contributed by atoms with Crippen LogP contribution >= 0.6 is 0 Å². The normalized spacial score (nSPS) is 12.3. The predicted molar refractivity (Wildman–Crippen MR) is 73.6 cm³/mol. The van der Waals surface area contributed by atoms with Crippen molar-refractivity contribution in [2.75, 3.05) is 19.6 Å². The Hall–Kier alpha value is -1.05. The average Bonchev–Trinajstić information content (AvgIpc) is 2.33. The summed E-state index contributed by atoms with van der Waals surface area (Å²) in [5.41, 5.74) is 5.39. The van der Waals surface area contributed by atoms with Crippen LogP contribution in [0.5, 0.6) is 0 Å². The Kier molecular flexibility index (Phi) is 6.04. The minimum absolute atomic E-state index is 0.0889. The average molecular weight is 306 g/mol. The number of nitrogens with zero attached hydrogens (tertiary/aromatic N) is 1. The fraction of sp³-hybridized carbons (Fsp3) is 0.538. The SMILES string of the molecule is CC(C)CN(CCCN)S(=O)(=O)c1ccc(F)cc1F. The van der Waals surface area contributed by atoms with Crippen molar-refractivity contribution < 1.29 is 17.2 Å². The van der Waals surface area contributed by atoms with Crippen LogP contribution in [0.15, 0.2) is 23.1 Å². The molecule has 1 aromatic carbocycles. The van der Waals surface area contributed by atoms with Crippen molar-refractivity contribution in [1.82, 2.24) is 4.31 Å². The van der Waals surface area contributed by atoms with Crippen LogP contribution in [0.3, 0.4) is 0 Å². The highest BCUT2D eigenvalue weighted by Crippen LogP contribution is 2.21. The molecule has 0 aliphatic carbocycles. The van der Waals surface area contributed by atoms with Crippen LogP contribution in [-0.4, -0.2) is 32.4 Å². The number of halogens is 2. The molecular weight excluding hydrogens is 286 g/mol. The Morgan fingerprint density at radius 3 is 2.45 bits per heavy atom. The zero-order chi connectivity index (χ0) is 15.3. The van der Waals surface area contributed by atoms with Gasteiger partial charge in [-0.05, 0) is 31.0 Å². The van der Waals surface area contributed by atoms with Crippen molar-refractivity contribution in [3.8, 4) is 0 Å². The molecule has 4 nitrogen and oxygen atoms in total. The molecule has 0 bridgehead atoms. The summed E-state index contributed by atoms with van der Waals surface area (Å²) in [6.07, 6.45) is 0.481. The highest BCUT2D eigenvalue weighted by molar-refractivity contribution is 7.89. The van der Waals surface area contributed by atoms with E-state index in [9.17, 15) is 17.2 Å². The first-order valence-electron chi connectivity index (χ1n) is 6.44. The fourth-order valence-corrected chi connectivity index (χ4v) is 3.50. The summed E-state index contributed by atoms with van der Waals surface area (Å²) in [7, 11) is -3.98. The van der Waals surface area contributed by atoms with E-state index < -0.39 is 26.6 Å². The van der Waals surface area contributed by atoms with Gasteiger partial charge in [0.1, 0.15) is 16.5 Å². The third kappa shape index (κ3) is 4.22. The molecule has 2 N–H and O–H groups in total. The first kappa shape index (κ1) is 17.0. The highest BCUT2D eigenvalue weighted by atomic mass is 32.2. The summed E-state index contributed by atoms with van der Waals surface area (Å²) < 4.78 is 52.6. The van der Waals surface area contributed by atoms with Crippen molar-refractivity contribution in [2.45, 2.75) is 25.2 Å². The van der Waals surface area contributed by atoms with Gasteiger partial charge >= 0.3 is 0 Å². The number of hydrogen-bond acceptors (Lipinski definition) is 3. The smallest absolute Gasteiger partial charge is 0.245 e. The summed E-state index contributed by atoms with van der Waals surface area (Å²) in [4.78, 5) is -0.503. The molecule has 0 aromatic heterocycles. The Labute approximate surface area is 118 Å². The topological polar surface area (TPSA) is 63.4 Å². The zero-order valence-corrected chi connectivity index (χ0v) is 12.5. The Morgan fingerprint density at radius 1 is 1.30 bits per heavy atom. The summed E-state index contributed by atoms with van der Waals surface area (Å²) >= 11 is 0.